The maximum Gasteiger partial charge on any atom is 0.306 e. The van der Waals surface area contributed by atoms with Crippen molar-refractivity contribution in [3.8, 4) is 0 Å². The second-order valence-corrected chi connectivity index (χ2v) is 7.58. The van der Waals surface area contributed by atoms with E-state index in [9.17, 15) is 14.4 Å². The van der Waals surface area contributed by atoms with Gasteiger partial charge in [0.15, 0.2) is 6.61 Å². The van der Waals surface area contributed by atoms with Crippen molar-refractivity contribution >= 4 is 39.9 Å². The van der Waals surface area contributed by atoms with E-state index in [1.165, 1.54) is 11.3 Å². The summed E-state index contributed by atoms with van der Waals surface area (Å²) >= 11 is 1.28. The van der Waals surface area contributed by atoms with E-state index in [1.807, 2.05) is 32.0 Å². The molecule has 0 unspecified atom stereocenters. The largest absolute Gasteiger partial charge is 0.456 e. The monoisotopic (exact) mass is 418 g/mol. The Hall–Kier alpha value is -2.81. The van der Waals surface area contributed by atoms with Crippen molar-refractivity contribution in [2.45, 2.75) is 52.9 Å². The molecule has 0 aliphatic heterocycles. The van der Waals surface area contributed by atoms with E-state index in [1.54, 1.807) is 6.92 Å². The summed E-state index contributed by atoms with van der Waals surface area (Å²) in [6.07, 6.45) is 2.12. The van der Waals surface area contributed by atoms with Crippen LogP contribution < -0.4 is 10.6 Å². The summed E-state index contributed by atoms with van der Waals surface area (Å²) in [4.78, 5) is 35.8. The number of nitrogens with zero attached hydrogens (tertiary/aromatic N) is 2. The first-order chi connectivity index (χ1) is 13.9. The molecule has 2 aromatic rings. The van der Waals surface area contributed by atoms with E-state index in [0.29, 0.717) is 11.6 Å². The predicted octanol–water partition coefficient (Wildman–Crippen LogP) is 3.26. The summed E-state index contributed by atoms with van der Waals surface area (Å²) in [5.74, 6) is -1.13. The van der Waals surface area contributed by atoms with Gasteiger partial charge in [-0.05, 0) is 37.3 Å². The Balaban J connectivity index is 1.71. The Morgan fingerprint density at radius 3 is 2.28 bits per heavy atom. The molecule has 0 aliphatic carbocycles. The number of para-hydroxylation sites is 1. The minimum Gasteiger partial charge on any atom is -0.456 e. The van der Waals surface area contributed by atoms with Crippen molar-refractivity contribution in [2.75, 3.05) is 17.2 Å². The summed E-state index contributed by atoms with van der Waals surface area (Å²) in [6.45, 7) is 5.49. The van der Waals surface area contributed by atoms with Crippen LogP contribution in [0.15, 0.2) is 18.2 Å². The summed E-state index contributed by atoms with van der Waals surface area (Å²) < 4.78 is 5.02. The molecule has 0 saturated carbocycles. The summed E-state index contributed by atoms with van der Waals surface area (Å²) in [7, 11) is 0. The van der Waals surface area contributed by atoms with Gasteiger partial charge in [0, 0.05) is 18.5 Å². The van der Waals surface area contributed by atoms with E-state index in [2.05, 4.69) is 20.8 Å². The molecular formula is C20H26N4O4S. The summed E-state index contributed by atoms with van der Waals surface area (Å²) in [5.41, 5.74) is 2.88. The minimum atomic E-state index is -0.515. The van der Waals surface area contributed by atoms with Crippen molar-refractivity contribution in [3.63, 3.8) is 0 Å². The minimum absolute atomic E-state index is 0.0571. The quantitative estimate of drug-likeness (QED) is 0.573. The second kappa shape index (κ2) is 11.3. The zero-order valence-electron chi connectivity index (χ0n) is 16.9. The van der Waals surface area contributed by atoms with Crippen LogP contribution in [0, 0.1) is 6.92 Å². The number of esters is 1. The topological polar surface area (TPSA) is 110 Å². The molecule has 0 saturated heterocycles. The maximum absolute atomic E-state index is 12.2. The van der Waals surface area contributed by atoms with Crippen LogP contribution in [0.2, 0.25) is 0 Å². The Bertz CT molecular complexity index is 844. The van der Waals surface area contributed by atoms with Gasteiger partial charge in [-0.25, -0.2) is 0 Å². The molecule has 2 amide bonds. The van der Waals surface area contributed by atoms with Crippen molar-refractivity contribution in [1.29, 1.82) is 0 Å². The standard InChI is InChI=1S/C20H26N4O4S/c1-4-14-8-6-9-15(5-2)19(14)21-17(26)12-28-18(27)11-7-10-16(25)22-20-24-23-13(3)29-20/h6,8-9H,4-5,7,10-12H2,1-3H3,(H,21,26)(H,22,24,25). The van der Waals surface area contributed by atoms with Crippen LogP contribution in [0.3, 0.4) is 0 Å². The molecule has 0 aliphatic rings. The number of amides is 2. The molecule has 1 aromatic carbocycles. The third kappa shape index (κ3) is 7.26. The number of rotatable bonds is 10. The fourth-order valence-corrected chi connectivity index (χ4v) is 3.33. The van der Waals surface area contributed by atoms with Gasteiger partial charge in [-0.3, -0.25) is 14.4 Å². The molecule has 0 fully saturated rings. The smallest absolute Gasteiger partial charge is 0.306 e. The van der Waals surface area contributed by atoms with E-state index in [0.717, 1.165) is 34.7 Å². The Labute approximate surface area is 174 Å². The van der Waals surface area contributed by atoms with E-state index in [4.69, 9.17) is 4.74 Å². The Kier molecular flexibility index (Phi) is 8.72. The number of hydrogen-bond acceptors (Lipinski definition) is 7. The molecule has 9 heteroatoms. The zero-order chi connectivity index (χ0) is 21.2. The molecule has 0 spiro atoms. The molecule has 1 heterocycles. The van der Waals surface area contributed by atoms with Gasteiger partial charge in [0.05, 0.1) is 0 Å². The van der Waals surface area contributed by atoms with Crippen LogP contribution in [0.1, 0.15) is 49.2 Å². The predicted molar refractivity (Wildman–Crippen MR) is 112 cm³/mol. The number of carbonyl (C=O) groups excluding carboxylic acids is 3. The number of nitrogens with one attached hydrogen (secondary N) is 2. The van der Waals surface area contributed by atoms with Gasteiger partial charge in [-0.15, -0.1) is 10.2 Å². The molecule has 29 heavy (non-hydrogen) atoms. The van der Waals surface area contributed by atoms with Crippen molar-refractivity contribution in [2.24, 2.45) is 0 Å². The Morgan fingerprint density at radius 2 is 1.69 bits per heavy atom. The fraction of sp³-hybridized carbons (Fsp3) is 0.450. The van der Waals surface area contributed by atoms with Crippen LogP contribution in [-0.4, -0.2) is 34.6 Å². The zero-order valence-corrected chi connectivity index (χ0v) is 17.7. The van der Waals surface area contributed by atoms with Crippen LogP contribution in [0.25, 0.3) is 0 Å². The number of hydrogen-bond donors (Lipinski definition) is 2. The molecule has 8 nitrogen and oxygen atoms in total. The lowest BCUT2D eigenvalue weighted by molar-refractivity contribution is -0.147. The number of anilines is 2. The average Bonchev–Trinajstić information content (AvgIpc) is 3.11. The normalized spacial score (nSPS) is 10.4. The van der Waals surface area contributed by atoms with Crippen LogP contribution >= 0.6 is 11.3 Å². The van der Waals surface area contributed by atoms with Gasteiger partial charge < -0.3 is 15.4 Å². The van der Waals surface area contributed by atoms with E-state index in [-0.39, 0.29) is 31.3 Å². The number of ether oxygens (including phenoxy) is 1. The van der Waals surface area contributed by atoms with Gasteiger partial charge in [0.25, 0.3) is 5.91 Å². The number of aryl methyl sites for hydroxylation is 3. The first kappa shape index (κ1) is 22.5. The lowest BCUT2D eigenvalue weighted by atomic mass is 10.0. The number of aromatic nitrogens is 2. The van der Waals surface area contributed by atoms with Crippen molar-refractivity contribution in [1.82, 2.24) is 10.2 Å². The van der Waals surface area contributed by atoms with Gasteiger partial charge in [-0.1, -0.05) is 43.4 Å². The van der Waals surface area contributed by atoms with Gasteiger partial charge >= 0.3 is 5.97 Å². The number of carbonyl (C=O) groups is 3. The summed E-state index contributed by atoms with van der Waals surface area (Å²) in [5, 5.41) is 14.3. The first-order valence-corrected chi connectivity index (χ1v) is 10.4. The van der Waals surface area contributed by atoms with Gasteiger partial charge in [-0.2, -0.15) is 0 Å². The lowest BCUT2D eigenvalue weighted by Crippen LogP contribution is -2.22. The van der Waals surface area contributed by atoms with Crippen LogP contribution in [-0.2, 0) is 32.0 Å². The highest BCUT2D eigenvalue weighted by atomic mass is 32.1. The van der Waals surface area contributed by atoms with Gasteiger partial charge in [0.2, 0.25) is 11.0 Å². The highest BCUT2D eigenvalue weighted by molar-refractivity contribution is 7.15. The molecule has 0 bridgehead atoms. The molecule has 0 radical (unpaired) electrons. The lowest BCUT2D eigenvalue weighted by Gasteiger charge is -2.14. The highest BCUT2D eigenvalue weighted by Crippen LogP contribution is 2.22. The number of benzene rings is 1. The second-order valence-electron chi connectivity index (χ2n) is 6.40. The van der Waals surface area contributed by atoms with Crippen LogP contribution in [0.5, 0.6) is 0 Å². The summed E-state index contributed by atoms with van der Waals surface area (Å²) in [6, 6.07) is 5.90. The third-order valence-electron chi connectivity index (χ3n) is 4.18. The SMILES string of the molecule is CCc1cccc(CC)c1NC(=O)COC(=O)CCCC(=O)Nc1nnc(C)s1. The Morgan fingerprint density at radius 1 is 1.00 bits per heavy atom. The molecule has 1 aromatic heterocycles. The molecular weight excluding hydrogens is 392 g/mol. The molecule has 2 rings (SSSR count). The molecule has 156 valence electrons. The maximum atomic E-state index is 12.2. The third-order valence-corrected chi connectivity index (χ3v) is 4.94. The van der Waals surface area contributed by atoms with Gasteiger partial charge in [0.1, 0.15) is 5.01 Å². The van der Waals surface area contributed by atoms with E-state index >= 15 is 0 Å². The van der Waals surface area contributed by atoms with Crippen LogP contribution in [0.4, 0.5) is 10.8 Å². The average molecular weight is 419 g/mol. The molecule has 2 N–H and O–H groups in total. The molecule has 0 atom stereocenters. The highest BCUT2D eigenvalue weighted by Gasteiger charge is 2.13. The van der Waals surface area contributed by atoms with Crippen molar-refractivity contribution < 1.29 is 19.1 Å². The first-order valence-electron chi connectivity index (χ1n) is 9.59. The van der Waals surface area contributed by atoms with E-state index < -0.39 is 5.97 Å². The van der Waals surface area contributed by atoms with Crippen molar-refractivity contribution in [3.05, 3.63) is 34.3 Å². The fourth-order valence-electron chi connectivity index (χ4n) is 2.72.